The van der Waals surface area contributed by atoms with Crippen LogP contribution in [0.1, 0.15) is 34.0 Å². The lowest BCUT2D eigenvalue weighted by Gasteiger charge is -2.34. The first kappa shape index (κ1) is 13.6. The van der Waals surface area contributed by atoms with Crippen LogP contribution in [0, 0.1) is 0 Å². The number of rotatable bonds is 3. The third-order valence-corrected chi connectivity index (χ3v) is 3.58. The van der Waals surface area contributed by atoms with Crippen molar-refractivity contribution in [2.24, 2.45) is 0 Å². The molecule has 2 heterocycles. The summed E-state index contributed by atoms with van der Waals surface area (Å²) in [4.78, 5) is 26.8. The van der Waals surface area contributed by atoms with E-state index < -0.39 is 5.97 Å². The molecule has 104 valence electrons. The molecular formula is C13H18N2O4. The van der Waals surface area contributed by atoms with Crippen LogP contribution in [0.5, 0.6) is 0 Å². The Hall–Kier alpha value is -1.82. The number of hydrogen-bond donors (Lipinski definition) is 1. The number of piperidine rings is 1. The number of hydrogen-bond acceptors (Lipinski definition) is 4. The van der Waals surface area contributed by atoms with Crippen molar-refractivity contribution >= 4 is 11.9 Å². The summed E-state index contributed by atoms with van der Waals surface area (Å²) in [5, 5.41) is 8.77. The van der Waals surface area contributed by atoms with Gasteiger partial charge in [-0.05, 0) is 45.1 Å². The number of carboxylic acid groups (broad SMARTS) is 1. The summed E-state index contributed by atoms with van der Waals surface area (Å²) in [6.45, 7) is 1.92. The summed E-state index contributed by atoms with van der Waals surface area (Å²) in [6.07, 6.45) is 1.84. The first-order valence-electron chi connectivity index (χ1n) is 6.28. The van der Waals surface area contributed by atoms with Crippen LogP contribution in [0.25, 0.3) is 0 Å². The summed E-state index contributed by atoms with van der Waals surface area (Å²) in [5.74, 6) is -1.55. The summed E-state index contributed by atoms with van der Waals surface area (Å²) in [7, 11) is 3.80. The van der Waals surface area contributed by atoms with Crippen LogP contribution in [-0.2, 0) is 0 Å². The molecule has 1 aliphatic heterocycles. The fourth-order valence-corrected chi connectivity index (χ4v) is 2.29. The average Bonchev–Trinajstić information content (AvgIpc) is 2.87. The van der Waals surface area contributed by atoms with Gasteiger partial charge in [0, 0.05) is 13.1 Å². The zero-order valence-corrected chi connectivity index (χ0v) is 11.1. The zero-order chi connectivity index (χ0) is 14.0. The summed E-state index contributed by atoms with van der Waals surface area (Å²) >= 11 is 0. The molecule has 19 heavy (non-hydrogen) atoms. The Morgan fingerprint density at radius 2 is 1.89 bits per heavy atom. The molecule has 1 N–H and O–H groups in total. The minimum absolute atomic E-state index is 0.0822. The monoisotopic (exact) mass is 266 g/mol. The molecule has 0 unspecified atom stereocenters. The fraction of sp³-hybridized carbons (Fsp3) is 0.538. The molecule has 0 spiro atoms. The summed E-state index contributed by atoms with van der Waals surface area (Å²) in [5.41, 5.74) is 0. The van der Waals surface area contributed by atoms with E-state index in [2.05, 4.69) is 11.9 Å². The molecule has 1 fully saturated rings. The number of likely N-dealkylation sites (tertiary alicyclic amines) is 1. The van der Waals surface area contributed by atoms with E-state index >= 15 is 0 Å². The highest BCUT2D eigenvalue weighted by atomic mass is 16.4. The van der Waals surface area contributed by atoms with Crippen LogP contribution in [0.2, 0.25) is 0 Å². The molecule has 0 saturated carbocycles. The number of carboxylic acids is 1. The largest absolute Gasteiger partial charge is 0.475 e. The van der Waals surface area contributed by atoms with Crippen LogP contribution in [0.15, 0.2) is 16.5 Å². The standard InChI is InChI=1S/C13H18N2O4/c1-14-7-5-9(6-8-14)15(2)12(16)10-3-4-11(19-10)13(17)18/h3-4,9H,5-8H2,1-2H3,(H,17,18). The van der Waals surface area contributed by atoms with Crippen molar-refractivity contribution in [1.29, 1.82) is 0 Å². The molecule has 1 aliphatic rings. The number of carbonyl (C=O) groups excluding carboxylic acids is 1. The van der Waals surface area contributed by atoms with Gasteiger partial charge in [-0.1, -0.05) is 0 Å². The molecule has 1 aromatic heterocycles. The van der Waals surface area contributed by atoms with Gasteiger partial charge >= 0.3 is 5.97 Å². The predicted octanol–water partition coefficient (Wildman–Crippen LogP) is 1.14. The van der Waals surface area contributed by atoms with E-state index in [1.165, 1.54) is 12.1 Å². The van der Waals surface area contributed by atoms with Crippen molar-refractivity contribution in [3.8, 4) is 0 Å². The van der Waals surface area contributed by atoms with Gasteiger partial charge in [-0.2, -0.15) is 0 Å². The quantitative estimate of drug-likeness (QED) is 0.888. The van der Waals surface area contributed by atoms with E-state index in [4.69, 9.17) is 9.52 Å². The molecule has 0 radical (unpaired) electrons. The van der Waals surface area contributed by atoms with E-state index in [1.54, 1.807) is 11.9 Å². The van der Waals surface area contributed by atoms with Crippen molar-refractivity contribution in [3.63, 3.8) is 0 Å². The number of nitrogens with zero attached hydrogens (tertiary/aromatic N) is 2. The summed E-state index contributed by atoms with van der Waals surface area (Å²) < 4.78 is 5.04. The second-order valence-electron chi connectivity index (χ2n) is 4.92. The van der Waals surface area contributed by atoms with Gasteiger partial charge in [0.2, 0.25) is 5.76 Å². The van der Waals surface area contributed by atoms with Gasteiger partial charge in [0.15, 0.2) is 5.76 Å². The van der Waals surface area contributed by atoms with Gasteiger partial charge in [0.25, 0.3) is 5.91 Å². The minimum Gasteiger partial charge on any atom is -0.475 e. The Morgan fingerprint density at radius 3 is 2.42 bits per heavy atom. The molecule has 6 nitrogen and oxygen atoms in total. The molecule has 6 heteroatoms. The van der Waals surface area contributed by atoms with E-state index in [0.717, 1.165) is 25.9 Å². The topological polar surface area (TPSA) is 74.0 Å². The Kier molecular flexibility index (Phi) is 3.90. The molecule has 0 aromatic carbocycles. The normalized spacial score (nSPS) is 17.4. The van der Waals surface area contributed by atoms with Crippen molar-refractivity contribution in [2.75, 3.05) is 27.2 Å². The van der Waals surface area contributed by atoms with Crippen molar-refractivity contribution in [1.82, 2.24) is 9.80 Å². The molecule has 0 aliphatic carbocycles. The zero-order valence-electron chi connectivity index (χ0n) is 11.1. The third kappa shape index (κ3) is 2.96. The lowest BCUT2D eigenvalue weighted by Crippen LogP contribution is -2.44. The van der Waals surface area contributed by atoms with Crippen LogP contribution >= 0.6 is 0 Å². The lowest BCUT2D eigenvalue weighted by atomic mass is 10.0. The molecular weight excluding hydrogens is 248 g/mol. The van der Waals surface area contributed by atoms with Gasteiger partial charge in [0.1, 0.15) is 0 Å². The number of carbonyl (C=O) groups is 2. The second-order valence-corrected chi connectivity index (χ2v) is 4.92. The maximum atomic E-state index is 12.2. The Morgan fingerprint density at radius 1 is 1.32 bits per heavy atom. The van der Waals surface area contributed by atoms with Crippen molar-refractivity contribution in [2.45, 2.75) is 18.9 Å². The van der Waals surface area contributed by atoms with Gasteiger partial charge in [-0.15, -0.1) is 0 Å². The van der Waals surface area contributed by atoms with Gasteiger partial charge in [-0.25, -0.2) is 4.79 Å². The van der Waals surface area contributed by atoms with E-state index in [-0.39, 0.29) is 23.5 Å². The number of furan rings is 1. The highest BCUT2D eigenvalue weighted by Crippen LogP contribution is 2.18. The average molecular weight is 266 g/mol. The van der Waals surface area contributed by atoms with Gasteiger partial charge < -0.3 is 19.3 Å². The highest BCUT2D eigenvalue weighted by Gasteiger charge is 2.26. The van der Waals surface area contributed by atoms with Crippen molar-refractivity contribution < 1.29 is 19.1 Å². The van der Waals surface area contributed by atoms with Gasteiger partial charge in [0.05, 0.1) is 0 Å². The first-order valence-corrected chi connectivity index (χ1v) is 6.28. The Balaban J connectivity index is 2.03. The number of amides is 1. The lowest BCUT2D eigenvalue weighted by molar-refractivity contribution is 0.0610. The fourth-order valence-electron chi connectivity index (χ4n) is 2.29. The predicted molar refractivity (Wildman–Crippen MR) is 68.3 cm³/mol. The van der Waals surface area contributed by atoms with Crippen LogP contribution in [0.4, 0.5) is 0 Å². The first-order chi connectivity index (χ1) is 8.99. The maximum Gasteiger partial charge on any atom is 0.371 e. The number of aromatic carboxylic acids is 1. The second kappa shape index (κ2) is 5.44. The smallest absolute Gasteiger partial charge is 0.371 e. The molecule has 0 atom stereocenters. The SMILES string of the molecule is CN1CCC(N(C)C(=O)c2ccc(C(=O)O)o2)CC1. The minimum atomic E-state index is -1.17. The van der Waals surface area contributed by atoms with E-state index in [9.17, 15) is 9.59 Å². The van der Waals surface area contributed by atoms with Crippen LogP contribution in [-0.4, -0.2) is 60.0 Å². The molecule has 1 aromatic rings. The molecule has 1 amide bonds. The Labute approximate surface area is 111 Å². The summed E-state index contributed by atoms with van der Waals surface area (Å²) in [6, 6.07) is 2.90. The van der Waals surface area contributed by atoms with Gasteiger partial charge in [-0.3, -0.25) is 4.79 Å². The van der Waals surface area contributed by atoms with Crippen LogP contribution < -0.4 is 0 Å². The third-order valence-electron chi connectivity index (χ3n) is 3.58. The van der Waals surface area contributed by atoms with E-state index in [0.29, 0.717) is 0 Å². The molecule has 2 rings (SSSR count). The molecule has 1 saturated heterocycles. The maximum absolute atomic E-state index is 12.2. The highest BCUT2D eigenvalue weighted by molar-refractivity contribution is 5.93. The molecule has 0 bridgehead atoms. The van der Waals surface area contributed by atoms with Crippen molar-refractivity contribution in [3.05, 3.63) is 23.7 Å². The van der Waals surface area contributed by atoms with E-state index in [1.807, 2.05) is 0 Å². The van der Waals surface area contributed by atoms with Crippen LogP contribution in [0.3, 0.4) is 0 Å². The Bertz CT molecular complexity index is 475.